The first kappa shape index (κ1) is 20.6. The fourth-order valence-electron chi connectivity index (χ4n) is 3.34. The fourth-order valence-corrected chi connectivity index (χ4v) is 4.99. The van der Waals surface area contributed by atoms with Crippen molar-refractivity contribution in [1.29, 1.82) is 0 Å². The molecule has 8 heteroatoms. The number of furan rings is 1. The molecule has 1 aliphatic rings. The second-order valence-electron chi connectivity index (χ2n) is 6.94. The van der Waals surface area contributed by atoms with Gasteiger partial charge in [-0.25, -0.2) is 0 Å². The molecule has 1 amide bonds. The van der Waals surface area contributed by atoms with Crippen molar-refractivity contribution in [2.45, 2.75) is 38.8 Å². The summed E-state index contributed by atoms with van der Waals surface area (Å²) < 4.78 is 35.1. The van der Waals surface area contributed by atoms with Gasteiger partial charge in [0.15, 0.2) is 0 Å². The molecule has 3 rings (SSSR count). The molecular formula is C20H27N3O4S. The number of amides is 1. The van der Waals surface area contributed by atoms with Crippen molar-refractivity contribution < 1.29 is 17.6 Å². The first-order chi connectivity index (χ1) is 13.5. The fraction of sp³-hybridized carbons (Fsp3) is 0.450. The Balaban J connectivity index is 1.83. The van der Waals surface area contributed by atoms with Crippen molar-refractivity contribution in [2.75, 3.05) is 20.1 Å². The molecule has 152 valence electrons. The van der Waals surface area contributed by atoms with Crippen LogP contribution < -0.4 is 5.32 Å². The molecule has 0 saturated carbocycles. The van der Waals surface area contributed by atoms with E-state index < -0.39 is 10.2 Å². The summed E-state index contributed by atoms with van der Waals surface area (Å²) in [6.07, 6.45) is 5.43. The van der Waals surface area contributed by atoms with Gasteiger partial charge in [0.25, 0.3) is 16.1 Å². The molecule has 28 heavy (non-hydrogen) atoms. The van der Waals surface area contributed by atoms with E-state index in [0.717, 1.165) is 31.2 Å². The number of carbonyl (C=O) groups is 1. The minimum absolute atomic E-state index is 0.170. The molecule has 0 atom stereocenters. The second kappa shape index (κ2) is 9.36. The number of rotatable bonds is 7. The molecular weight excluding hydrogens is 378 g/mol. The monoisotopic (exact) mass is 405 g/mol. The topological polar surface area (TPSA) is 82.9 Å². The van der Waals surface area contributed by atoms with E-state index in [2.05, 4.69) is 5.32 Å². The average molecular weight is 406 g/mol. The van der Waals surface area contributed by atoms with Gasteiger partial charge in [0.2, 0.25) is 0 Å². The van der Waals surface area contributed by atoms with Gasteiger partial charge in [0.1, 0.15) is 5.76 Å². The lowest BCUT2D eigenvalue weighted by atomic mass is 10.1. The van der Waals surface area contributed by atoms with Crippen molar-refractivity contribution in [3.63, 3.8) is 0 Å². The van der Waals surface area contributed by atoms with Crippen molar-refractivity contribution in [3.05, 3.63) is 59.5 Å². The zero-order chi connectivity index (χ0) is 20.0. The van der Waals surface area contributed by atoms with Crippen LogP contribution in [0, 0.1) is 0 Å². The summed E-state index contributed by atoms with van der Waals surface area (Å²) in [4.78, 5) is 11.7. The third-order valence-electron chi connectivity index (χ3n) is 4.93. The van der Waals surface area contributed by atoms with Crippen LogP contribution in [-0.2, 0) is 23.3 Å². The average Bonchev–Trinajstić information content (AvgIpc) is 3.05. The van der Waals surface area contributed by atoms with Crippen LogP contribution in [0.5, 0.6) is 0 Å². The smallest absolute Gasteiger partial charge is 0.282 e. The molecule has 1 fully saturated rings. The van der Waals surface area contributed by atoms with E-state index in [-0.39, 0.29) is 19.0 Å². The SMILES string of the molecule is CNC(=O)c1ccc(CN(Cc2ccco2)S(=O)(=O)N2CCCCCC2)cc1. The molecule has 1 aliphatic heterocycles. The van der Waals surface area contributed by atoms with Crippen molar-refractivity contribution >= 4 is 16.1 Å². The maximum Gasteiger partial charge on any atom is 0.282 e. The highest BCUT2D eigenvalue weighted by atomic mass is 32.2. The predicted octanol–water partition coefficient (Wildman–Crippen LogP) is 2.76. The minimum atomic E-state index is -3.63. The van der Waals surface area contributed by atoms with E-state index in [1.807, 2.05) is 0 Å². The van der Waals surface area contributed by atoms with Crippen LogP contribution in [0.4, 0.5) is 0 Å². The van der Waals surface area contributed by atoms with Crippen molar-refractivity contribution in [3.8, 4) is 0 Å². The van der Waals surface area contributed by atoms with Gasteiger partial charge in [-0.1, -0.05) is 25.0 Å². The molecule has 0 bridgehead atoms. The van der Waals surface area contributed by atoms with Crippen LogP contribution in [-0.4, -0.2) is 43.1 Å². The molecule has 0 aliphatic carbocycles. The van der Waals surface area contributed by atoms with Gasteiger partial charge in [-0.2, -0.15) is 17.0 Å². The Kier molecular flexibility index (Phi) is 6.88. The Hall–Kier alpha value is -2.16. The highest BCUT2D eigenvalue weighted by molar-refractivity contribution is 7.86. The maximum absolute atomic E-state index is 13.3. The standard InChI is InChI=1S/C20H27N3O4S/c1-21-20(24)18-10-8-17(9-11-18)15-23(16-19-7-6-14-27-19)28(25,26)22-12-4-2-3-5-13-22/h6-11,14H,2-5,12-13,15-16H2,1H3,(H,21,24). The number of nitrogens with one attached hydrogen (secondary N) is 1. The summed E-state index contributed by atoms with van der Waals surface area (Å²) >= 11 is 0. The predicted molar refractivity (Wildman–Crippen MR) is 107 cm³/mol. The third kappa shape index (κ3) is 5.01. The van der Waals surface area contributed by atoms with E-state index in [4.69, 9.17) is 4.42 Å². The summed E-state index contributed by atoms with van der Waals surface area (Å²) in [7, 11) is -2.05. The molecule has 1 aromatic carbocycles. The van der Waals surface area contributed by atoms with Crippen LogP contribution in [0.3, 0.4) is 0 Å². The lowest BCUT2D eigenvalue weighted by Crippen LogP contribution is -2.43. The molecule has 2 heterocycles. The minimum Gasteiger partial charge on any atom is -0.468 e. The van der Waals surface area contributed by atoms with Crippen LogP contribution in [0.1, 0.15) is 47.4 Å². The van der Waals surface area contributed by atoms with Crippen LogP contribution in [0.2, 0.25) is 0 Å². The molecule has 2 aromatic rings. The van der Waals surface area contributed by atoms with Gasteiger partial charge in [0.05, 0.1) is 12.8 Å². The summed E-state index contributed by atoms with van der Waals surface area (Å²) in [6, 6.07) is 10.5. The Morgan fingerprint density at radius 2 is 1.75 bits per heavy atom. The number of hydrogen-bond acceptors (Lipinski definition) is 4. The van der Waals surface area contributed by atoms with Crippen molar-refractivity contribution in [1.82, 2.24) is 13.9 Å². The molecule has 0 unspecified atom stereocenters. The van der Waals surface area contributed by atoms with Gasteiger partial charge in [-0.15, -0.1) is 0 Å². The number of benzene rings is 1. The van der Waals surface area contributed by atoms with Gasteiger partial charge in [-0.05, 0) is 42.7 Å². The summed E-state index contributed by atoms with van der Waals surface area (Å²) in [5.41, 5.74) is 1.36. The first-order valence-electron chi connectivity index (χ1n) is 9.59. The Bertz CT molecular complexity index is 855. The van der Waals surface area contributed by atoms with Gasteiger partial charge in [-0.3, -0.25) is 4.79 Å². The normalized spacial score (nSPS) is 16.1. The molecule has 1 saturated heterocycles. The molecule has 1 aromatic heterocycles. The lowest BCUT2D eigenvalue weighted by Gasteiger charge is -2.28. The number of carbonyl (C=O) groups excluding carboxylic acids is 1. The van der Waals surface area contributed by atoms with Crippen LogP contribution in [0.25, 0.3) is 0 Å². The quantitative estimate of drug-likeness (QED) is 0.768. The lowest BCUT2D eigenvalue weighted by molar-refractivity contribution is 0.0963. The molecule has 1 N–H and O–H groups in total. The highest BCUT2D eigenvalue weighted by Crippen LogP contribution is 2.21. The van der Waals surface area contributed by atoms with E-state index >= 15 is 0 Å². The van der Waals surface area contributed by atoms with Gasteiger partial charge in [0, 0.05) is 32.2 Å². The van der Waals surface area contributed by atoms with Gasteiger partial charge >= 0.3 is 0 Å². The molecule has 7 nitrogen and oxygen atoms in total. The Labute approximate surface area is 166 Å². The third-order valence-corrected chi connectivity index (χ3v) is 6.86. The number of hydrogen-bond donors (Lipinski definition) is 1. The zero-order valence-corrected chi connectivity index (χ0v) is 17.0. The zero-order valence-electron chi connectivity index (χ0n) is 16.1. The van der Waals surface area contributed by atoms with E-state index in [9.17, 15) is 13.2 Å². The molecule has 0 spiro atoms. The second-order valence-corrected chi connectivity index (χ2v) is 8.87. The summed E-state index contributed by atoms with van der Waals surface area (Å²) in [6.45, 7) is 1.48. The van der Waals surface area contributed by atoms with E-state index in [1.54, 1.807) is 54.0 Å². The highest BCUT2D eigenvalue weighted by Gasteiger charge is 2.31. The molecule has 0 radical (unpaired) electrons. The maximum atomic E-state index is 13.3. The van der Waals surface area contributed by atoms with Gasteiger partial charge < -0.3 is 9.73 Å². The van der Waals surface area contributed by atoms with Crippen LogP contribution >= 0.6 is 0 Å². The largest absolute Gasteiger partial charge is 0.468 e. The number of nitrogens with zero attached hydrogens (tertiary/aromatic N) is 2. The Morgan fingerprint density at radius 3 is 2.32 bits per heavy atom. The van der Waals surface area contributed by atoms with Crippen molar-refractivity contribution in [2.24, 2.45) is 0 Å². The summed E-state index contributed by atoms with van der Waals surface area (Å²) in [5, 5.41) is 2.58. The van der Waals surface area contributed by atoms with Crippen LogP contribution in [0.15, 0.2) is 47.1 Å². The van der Waals surface area contributed by atoms with E-state index in [1.165, 1.54) is 4.31 Å². The van der Waals surface area contributed by atoms with E-state index in [0.29, 0.717) is 24.4 Å². The first-order valence-corrected chi connectivity index (χ1v) is 11.0. The summed E-state index contributed by atoms with van der Waals surface area (Å²) in [5.74, 6) is 0.427. The Morgan fingerprint density at radius 1 is 1.07 bits per heavy atom.